The molecule has 2 aromatic heterocycles. The highest BCUT2D eigenvalue weighted by Gasteiger charge is 2.29. The standard InChI is InChI=1S/C22H23ClN6.ClH/c1-22(2)12-25-19-10-14(5-6-16(19)22)28-20-15-11-29(9-7-18(15)26-13-27-20)21-17(23)4-3-8-24-21;/h3-6,8,10,13,25H,7,9,11-12H2,1-2H3,(H,26,27,28);1H. The molecule has 4 heterocycles. The first kappa shape index (κ1) is 20.7. The van der Waals surface area contributed by atoms with E-state index in [2.05, 4.69) is 62.5 Å². The summed E-state index contributed by atoms with van der Waals surface area (Å²) >= 11 is 6.37. The Morgan fingerprint density at radius 2 is 2.03 bits per heavy atom. The van der Waals surface area contributed by atoms with Crippen LogP contribution < -0.4 is 15.5 Å². The van der Waals surface area contributed by atoms with E-state index in [4.69, 9.17) is 11.6 Å². The summed E-state index contributed by atoms with van der Waals surface area (Å²) in [6.45, 7) is 6.98. The number of benzene rings is 1. The molecule has 0 fully saturated rings. The van der Waals surface area contributed by atoms with Crippen molar-refractivity contribution >= 4 is 47.0 Å². The van der Waals surface area contributed by atoms with Gasteiger partial charge in [0.2, 0.25) is 0 Å². The number of rotatable bonds is 3. The molecule has 0 saturated carbocycles. The lowest BCUT2D eigenvalue weighted by Gasteiger charge is -2.30. The van der Waals surface area contributed by atoms with E-state index in [1.165, 1.54) is 11.3 Å². The Bertz CT molecular complexity index is 1080. The van der Waals surface area contributed by atoms with Crippen LogP contribution in [0.1, 0.15) is 30.7 Å². The minimum Gasteiger partial charge on any atom is -0.384 e. The summed E-state index contributed by atoms with van der Waals surface area (Å²) in [7, 11) is 0. The molecule has 0 radical (unpaired) electrons. The van der Waals surface area contributed by atoms with Gasteiger partial charge in [-0.2, -0.15) is 0 Å². The maximum atomic E-state index is 6.37. The Labute approximate surface area is 187 Å². The van der Waals surface area contributed by atoms with Crippen molar-refractivity contribution in [3.63, 3.8) is 0 Å². The Balaban J connectivity index is 0.00000218. The summed E-state index contributed by atoms with van der Waals surface area (Å²) in [5, 5.41) is 7.68. The molecule has 1 aromatic carbocycles. The van der Waals surface area contributed by atoms with Gasteiger partial charge in [0.15, 0.2) is 0 Å². The topological polar surface area (TPSA) is 66.0 Å². The third kappa shape index (κ3) is 3.66. The SMILES string of the molecule is CC1(C)CNc2cc(Nc3ncnc4c3CN(c3ncccc3Cl)CC4)ccc21.Cl. The van der Waals surface area contributed by atoms with Crippen molar-refractivity contribution in [3.05, 3.63) is 64.7 Å². The number of nitrogens with zero attached hydrogens (tertiary/aromatic N) is 4. The number of fused-ring (bicyclic) bond motifs is 2. The lowest BCUT2D eigenvalue weighted by Crippen LogP contribution is -2.32. The molecule has 0 spiro atoms. The van der Waals surface area contributed by atoms with Gasteiger partial charge in [0.1, 0.15) is 18.0 Å². The van der Waals surface area contributed by atoms with Gasteiger partial charge in [0.05, 0.1) is 10.7 Å². The predicted molar refractivity (Wildman–Crippen MR) is 125 cm³/mol. The third-order valence-corrected chi connectivity index (χ3v) is 6.07. The monoisotopic (exact) mass is 442 g/mol. The van der Waals surface area contributed by atoms with E-state index >= 15 is 0 Å². The molecule has 8 heteroatoms. The molecule has 0 saturated heterocycles. The minimum atomic E-state index is 0. The molecule has 3 aromatic rings. The van der Waals surface area contributed by atoms with Crippen molar-refractivity contribution in [2.75, 3.05) is 28.6 Å². The number of aromatic nitrogens is 3. The first-order chi connectivity index (χ1) is 14.0. The molecule has 0 atom stereocenters. The fourth-order valence-electron chi connectivity index (χ4n) is 4.15. The van der Waals surface area contributed by atoms with Crippen LogP contribution in [-0.4, -0.2) is 28.0 Å². The smallest absolute Gasteiger partial charge is 0.147 e. The van der Waals surface area contributed by atoms with Crippen molar-refractivity contribution in [3.8, 4) is 0 Å². The Morgan fingerprint density at radius 1 is 1.17 bits per heavy atom. The molecule has 0 amide bonds. The summed E-state index contributed by atoms with van der Waals surface area (Å²) in [5.74, 6) is 1.64. The quantitative estimate of drug-likeness (QED) is 0.597. The van der Waals surface area contributed by atoms with Crippen molar-refractivity contribution in [2.24, 2.45) is 0 Å². The van der Waals surface area contributed by atoms with E-state index in [1.807, 2.05) is 12.1 Å². The van der Waals surface area contributed by atoms with E-state index < -0.39 is 0 Å². The number of pyridine rings is 1. The van der Waals surface area contributed by atoms with Crippen LogP contribution in [-0.2, 0) is 18.4 Å². The maximum absolute atomic E-state index is 6.37. The normalized spacial score (nSPS) is 16.2. The number of anilines is 4. The zero-order valence-corrected chi connectivity index (χ0v) is 18.5. The highest BCUT2D eigenvalue weighted by Crippen LogP contribution is 2.38. The molecule has 0 unspecified atom stereocenters. The fourth-order valence-corrected chi connectivity index (χ4v) is 4.39. The van der Waals surface area contributed by atoms with E-state index in [-0.39, 0.29) is 17.8 Å². The highest BCUT2D eigenvalue weighted by molar-refractivity contribution is 6.32. The molecular weight excluding hydrogens is 419 g/mol. The molecule has 2 aliphatic heterocycles. The van der Waals surface area contributed by atoms with Crippen molar-refractivity contribution in [2.45, 2.75) is 32.2 Å². The summed E-state index contributed by atoms with van der Waals surface area (Å²) in [4.78, 5) is 15.7. The largest absolute Gasteiger partial charge is 0.384 e. The van der Waals surface area contributed by atoms with E-state index in [1.54, 1.807) is 12.5 Å². The Kier molecular flexibility index (Phi) is 5.47. The van der Waals surface area contributed by atoms with Gasteiger partial charge in [0.25, 0.3) is 0 Å². The second kappa shape index (κ2) is 7.93. The van der Waals surface area contributed by atoms with E-state index in [0.29, 0.717) is 11.6 Å². The molecule has 0 bridgehead atoms. The van der Waals surface area contributed by atoms with Gasteiger partial charge in [-0.15, -0.1) is 12.4 Å². The molecule has 30 heavy (non-hydrogen) atoms. The zero-order chi connectivity index (χ0) is 20.0. The van der Waals surface area contributed by atoms with Crippen LogP contribution in [0.25, 0.3) is 0 Å². The average Bonchev–Trinajstić information content (AvgIpc) is 3.02. The lowest BCUT2D eigenvalue weighted by molar-refractivity contribution is 0.586. The molecule has 156 valence electrons. The van der Waals surface area contributed by atoms with Gasteiger partial charge >= 0.3 is 0 Å². The number of hydrogen-bond donors (Lipinski definition) is 2. The Morgan fingerprint density at radius 3 is 2.87 bits per heavy atom. The maximum Gasteiger partial charge on any atom is 0.147 e. The van der Waals surface area contributed by atoms with Crippen molar-refractivity contribution in [1.82, 2.24) is 15.0 Å². The van der Waals surface area contributed by atoms with Gasteiger partial charge in [0, 0.05) is 54.6 Å². The number of halogens is 2. The highest BCUT2D eigenvalue weighted by atomic mass is 35.5. The fraction of sp³-hybridized carbons (Fsp3) is 0.318. The summed E-state index contributed by atoms with van der Waals surface area (Å²) in [6, 6.07) is 10.2. The van der Waals surface area contributed by atoms with Gasteiger partial charge in [-0.3, -0.25) is 0 Å². The van der Waals surface area contributed by atoms with Gasteiger partial charge in [-0.05, 0) is 29.8 Å². The minimum absolute atomic E-state index is 0. The number of nitrogens with one attached hydrogen (secondary N) is 2. The van der Waals surface area contributed by atoms with Crippen LogP contribution >= 0.6 is 24.0 Å². The number of hydrogen-bond acceptors (Lipinski definition) is 6. The molecule has 2 N–H and O–H groups in total. The van der Waals surface area contributed by atoms with E-state index in [9.17, 15) is 0 Å². The Hall–Kier alpha value is -2.57. The zero-order valence-electron chi connectivity index (χ0n) is 16.9. The summed E-state index contributed by atoms with van der Waals surface area (Å²) in [5.41, 5.74) is 5.88. The molecule has 0 aliphatic carbocycles. The summed E-state index contributed by atoms with van der Waals surface area (Å²) < 4.78 is 0. The molecular formula is C22H24Cl2N6. The van der Waals surface area contributed by atoms with Crippen LogP contribution in [0.3, 0.4) is 0 Å². The van der Waals surface area contributed by atoms with Gasteiger partial charge in [-0.1, -0.05) is 31.5 Å². The average molecular weight is 443 g/mol. The third-order valence-electron chi connectivity index (χ3n) is 5.77. The van der Waals surface area contributed by atoms with Crippen molar-refractivity contribution in [1.29, 1.82) is 0 Å². The van der Waals surface area contributed by atoms with Crippen LogP contribution in [0.4, 0.5) is 23.0 Å². The second-order valence-corrected chi connectivity index (χ2v) is 8.66. The van der Waals surface area contributed by atoms with Crippen LogP contribution in [0.5, 0.6) is 0 Å². The first-order valence-electron chi connectivity index (χ1n) is 9.85. The molecule has 6 nitrogen and oxygen atoms in total. The van der Waals surface area contributed by atoms with Gasteiger partial charge < -0.3 is 15.5 Å². The second-order valence-electron chi connectivity index (χ2n) is 8.25. The van der Waals surface area contributed by atoms with Crippen LogP contribution in [0.15, 0.2) is 42.9 Å². The predicted octanol–water partition coefficient (Wildman–Crippen LogP) is 4.96. The molecule has 2 aliphatic rings. The first-order valence-corrected chi connectivity index (χ1v) is 10.2. The van der Waals surface area contributed by atoms with Crippen molar-refractivity contribution < 1.29 is 0 Å². The van der Waals surface area contributed by atoms with E-state index in [0.717, 1.165) is 48.1 Å². The summed E-state index contributed by atoms with van der Waals surface area (Å²) in [6.07, 6.45) is 4.25. The molecule has 5 rings (SSSR count). The van der Waals surface area contributed by atoms with Gasteiger partial charge in [-0.25, -0.2) is 15.0 Å². The van der Waals surface area contributed by atoms with Crippen LogP contribution in [0.2, 0.25) is 5.02 Å². The lowest BCUT2D eigenvalue weighted by atomic mass is 9.87. The van der Waals surface area contributed by atoms with Crippen LogP contribution in [0, 0.1) is 0 Å².